The Morgan fingerprint density at radius 2 is 2.00 bits per heavy atom. The number of ether oxygens (including phenoxy) is 1. The second-order valence-corrected chi connectivity index (χ2v) is 6.87. The van der Waals surface area contributed by atoms with Crippen LogP contribution in [-0.4, -0.2) is 29.2 Å². The van der Waals surface area contributed by atoms with Gasteiger partial charge in [-0.25, -0.2) is 9.18 Å². The van der Waals surface area contributed by atoms with Crippen molar-refractivity contribution in [2.75, 3.05) is 12.4 Å². The van der Waals surface area contributed by atoms with Crippen molar-refractivity contribution in [1.82, 2.24) is 15.8 Å². The van der Waals surface area contributed by atoms with Crippen molar-refractivity contribution in [1.29, 1.82) is 0 Å². The summed E-state index contributed by atoms with van der Waals surface area (Å²) in [6, 6.07) is 10.7. The average Bonchev–Trinajstić information content (AvgIpc) is 2.89. The van der Waals surface area contributed by atoms with Crippen molar-refractivity contribution < 1.29 is 18.7 Å². The summed E-state index contributed by atoms with van der Waals surface area (Å²) in [5.41, 5.74) is 2.71. The lowest BCUT2D eigenvalue weighted by Gasteiger charge is -2.23. The molecule has 0 aromatic heterocycles. The van der Waals surface area contributed by atoms with Gasteiger partial charge in [0, 0.05) is 5.69 Å². The van der Waals surface area contributed by atoms with Gasteiger partial charge in [0.15, 0.2) is 5.11 Å². The number of halogens is 1. The highest BCUT2D eigenvalue weighted by Gasteiger charge is 2.50. The minimum atomic E-state index is -1.29. The largest absolute Gasteiger partial charge is 0.497 e. The van der Waals surface area contributed by atoms with Crippen LogP contribution in [0.15, 0.2) is 42.5 Å². The number of imide groups is 1. The third-order valence-electron chi connectivity index (χ3n) is 4.48. The van der Waals surface area contributed by atoms with Crippen LogP contribution in [-0.2, 0) is 10.3 Å². The molecule has 3 amide bonds. The van der Waals surface area contributed by atoms with Crippen LogP contribution in [0.25, 0.3) is 0 Å². The first-order valence-corrected chi connectivity index (χ1v) is 8.80. The second kappa shape index (κ2) is 7.43. The van der Waals surface area contributed by atoms with E-state index in [4.69, 9.17) is 17.0 Å². The van der Waals surface area contributed by atoms with E-state index >= 15 is 0 Å². The first-order valence-electron chi connectivity index (χ1n) is 8.39. The van der Waals surface area contributed by atoms with Crippen molar-refractivity contribution in [2.24, 2.45) is 0 Å². The molecule has 9 heteroatoms. The number of hydrazine groups is 1. The molecule has 28 heavy (non-hydrogen) atoms. The maximum Gasteiger partial charge on any atom is 0.344 e. The van der Waals surface area contributed by atoms with Crippen molar-refractivity contribution in [3.63, 3.8) is 0 Å². The summed E-state index contributed by atoms with van der Waals surface area (Å²) in [5, 5.41) is 6.17. The lowest BCUT2D eigenvalue weighted by molar-refractivity contribution is -0.132. The van der Waals surface area contributed by atoms with Gasteiger partial charge in [-0.2, -0.15) is 5.01 Å². The summed E-state index contributed by atoms with van der Waals surface area (Å²) >= 11 is 5.15. The number of nitrogens with zero attached hydrogens (tertiary/aromatic N) is 1. The number of aryl methyl sites for hydroxylation is 1. The molecule has 0 saturated carbocycles. The van der Waals surface area contributed by atoms with Crippen molar-refractivity contribution in [2.45, 2.75) is 19.4 Å². The van der Waals surface area contributed by atoms with Gasteiger partial charge in [-0.05, 0) is 61.5 Å². The normalized spacial score (nSPS) is 18.6. The minimum absolute atomic E-state index is 0.0263. The molecule has 1 heterocycles. The Morgan fingerprint density at radius 1 is 1.25 bits per heavy atom. The molecule has 0 spiro atoms. The van der Waals surface area contributed by atoms with Gasteiger partial charge in [-0.3, -0.25) is 10.2 Å². The van der Waals surface area contributed by atoms with E-state index in [-0.39, 0.29) is 5.11 Å². The fourth-order valence-corrected chi connectivity index (χ4v) is 3.01. The average molecular weight is 402 g/mol. The summed E-state index contributed by atoms with van der Waals surface area (Å²) in [7, 11) is 1.52. The molecule has 0 radical (unpaired) electrons. The highest BCUT2D eigenvalue weighted by atomic mass is 32.1. The molecule has 1 aliphatic heterocycles. The number of hydrogen-bond donors (Lipinski definition) is 3. The molecular weight excluding hydrogens is 383 g/mol. The molecule has 1 aliphatic rings. The van der Waals surface area contributed by atoms with Crippen LogP contribution in [0.1, 0.15) is 18.1 Å². The predicted octanol–water partition coefficient (Wildman–Crippen LogP) is 2.81. The van der Waals surface area contributed by atoms with E-state index in [9.17, 15) is 14.0 Å². The third kappa shape index (κ3) is 3.61. The smallest absolute Gasteiger partial charge is 0.344 e. The van der Waals surface area contributed by atoms with Gasteiger partial charge >= 0.3 is 6.03 Å². The Balaban J connectivity index is 1.75. The summed E-state index contributed by atoms with van der Waals surface area (Å²) in [5.74, 6) is -0.371. The lowest BCUT2D eigenvalue weighted by atomic mass is 9.92. The Hall–Kier alpha value is -3.20. The highest BCUT2D eigenvalue weighted by Crippen LogP contribution is 2.30. The summed E-state index contributed by atoms with van der Waals surface area (Å²) < 4.78 is 18.8. The van der Waals surface area contributed by atoms with Crippen molar-refractivity contribution >= 4 is 35.0 Å². The molecule has 1 saturated heterocycles. The number of carbonyl (C=O) groups excluding carboxylic acids is 2. The predicted molar refractivity (Wildman–Crippen MR) is 106 cm³/mol. The van der Waals surface area contributed by atoms with Crippen LogP contribution in [0.2, 0.25) is 0 Å². The number of anilines is 1. The van der Waals surface area contributed by atoms with Gasteiger partial charge < -0.3 is 15.4 Å². The van der Waals surface area contributed by atoms with E-state index in [1.165, 1.54) is 13.2 Å². The summed E-state index contributed by atoms with van der Waals surface area (Å²) in [4.78, 5) is 25.3. The molecular formula is C19H19FN4O3S. The van der Waals surface area contributed by atoms with Gasteiger partial charge in [-0.1, -0.05) is 18.2 Å². The molecule has 3 rings (SSSR count). The first-order chi connectivity index (χ1) is 13.2. The molecule has 3 N–H and O–H groups in total. The third-order valence-corrected chi connectivity index (χ3v) is 4.67. The van der Waals surface area contributed by atoms with Crippen LogP contribution < -0.4 is 20.8 Å². The van der Waals surface area contributed by atoms with E-state index in [1.54, 1.807) is 50.2 Å². The zero-order chi connectivity index (χ0) is 20.5. The van der Waals surface area contributed by atoms with Crippen LogP contribution in [0.4, 0.5) is 14.9 Å². The van der Waals surface area contributed by atoms with E-state index in [1.807, 2.05) is 0 Å². The molecule has 2 aromatic rings. The maximum absolute atomic E-state index is 13.7. The van der Waals surface area contributed by atoms with Crippen LogP contribution >= 0.6 is 12.2 Å². The number of amides is 3. The van der Waals surface area contributed by atoms with Crippen molar-refractivity contribution in [3.8, 4) is 5.75 Å². The number of thiocarbonyl (C=S) groups is 1. The molecule has 146 valence electrons. The summed E-state index contributed by atoms with van der Waals surface area (Å²) in [6.07, 6.45) is 0. The monoisotopic (exact) mass is 402 g/mol. The minimum Gasteiger partial charge on any atom is -0.497 e. The van der Waals surface area contributed by atoms with Gasteiger partial charge in [0.25, 0.3) is 5.91 Å². The standard InChI is InChI=1S/C19H19FN4O3S/c1-11-7-8-13(10-15(11)20)21-17(28)23-24-16(25)19(2,22-18(24)26)12-5-4-6-14(9-12)27-3/h4-10H,1-3H3,(H,22,26)(H2,21,23,28)/t19-/m1/s1. The van der Waals surface area contributed by atoms with Gasteiger partial charge in [-0.15, -0.1) is 0 Å². The Kier molecular flexibility index (Phi) is 5.19. The Bertz CT molecular complexity index is 968. The number of hydrogen-bond acceptors (Lipinski definition) is 4. The van der Waals surface area contributed by atoms with E-state index in [0.29, 0.717) is 22.6 Å². The second-order valence-electron chi connectivity index (χ2n) is 6.46. The number of benzene rings is 2. The van der Waals surface area contributed by atoms with Gasteiger partial charge in [0.1, 0.15) is 17.1 Å². The molecule has 1 atom stereocenters. The number of carbonyl (C=O) groups is 2. The van der Waals surface area contributed by atoms with E-state index in [0.717, 1.165) is 5.01 Å². The molecule has 1 fully saturated rings. The SMILES string of the molecule is COc1cccc([C@@]2(C)NC(=O)N(NC(=S)Nc3ccc(C)c(F)c3)C2=O)c1. The van der Waals surface area contributed by atoms with Crippen LogP contribution in [0, 0.1) is 12.7 Å². The van der Waals surface area contributed by atoms with Crippen LogP contribution in [0.5, 0.6) is 5.75 Å². The van der Waals surface area contributed by atoms with Gasteiger partial charge in [0.05, 0.1) is 7.11 Å². The van der Waals surface area contributed by atoms with Gasteiger partial charge in [0.2, 0.25) is 0 Å². The fourth-order valence-electron chi connectivity index (χ4n) is 2.80. The number of methoxy groups -OCH3 is 1. The zero-order valence-electron chi connectivity index (χ0n) is 15.5. The lowest BCUT2D eigenvalue weighted by Crippen LogP contribution is -2.49. The number of nitrogens with one attached hydrogen (secondary N) is 3. The fraction of sp³-hybridized carbons (Fsp3) is 0.211. The van der Waals surface area contributed by atoms with E-state index in [2.05, 4.69) is 16.1 Å². The molecule has 7 nitrogen and oxygen atoms in total. The van der Waals surface area contributed by atoms with Crippen molar-refractivity contribution in [3.05, 3.63) is 59.4 Å². The topological polar surface area (TPSA) is 82.7 Å². The zero-order valence-corrected chi connectivity index (χ0v) is 16.3. The van der Waals surface area contributed by atoms with Crippen LogP contribution in [0.3, 0.4) is 0 Å². The Labute approximate surface area is 166 Å². The molecule has 0 unspecified atom stereocenters. The summed E-state index contributed by atoms with van der Waals surface area (Å²) in [6.45, 7) is 3.23. The first kappa shape index (κ1) is 19.6. The molecule has 0 bridgehead atoms. The number of rotatable bonds is 4. The maximum atomic E-state index is 13.7. The molecule has 0 aliphatic carbocycles. The Morgan fingerprint density at radius 3 is 2.68 bits per heavy atom. The quantitative estimate of drug-likeness (QED) is 0.539. The number of urea groups is 1. The van der Waals surface area contributed by atoms with E-state index < -0.39 is 23.3 Å². The highest BCUT2D eigenvalue weighted by molar-refractivity contribution is 7.80. The molecule has 2 aromatic carbocycles.